The zero-order chi connectivity index (χ0) is 13.6. The van der Waals surface area contributed by atoms with Gasteiger partial charge in [0.25, 0.3) is 0 Å². The molecule has 5 heteroatoms. The molecule has 1 aliphatic heterocycles. The average molecular weight is 277 g/mol. The van der Waals surface area contributed by atoms with Gasteiger partial charge in [-0.15, -0.1) is 0 Å². The Labute approximate surface area is 114 Å². The molecule has 0 bridgehead atoms. The first-order chi connectivity index (χ1) is 8.97. The van der Waals surface area contributed by atoms with E-state index in [1.165, 1.54) is 6.07 Å². The molecule has 3 nitrogen and oxygen atoms in total. The SMILES string of the molecule is CC1(C)OC(=O)Nc2c(F)cc(-c3ccsc3)cc21. The van der Waals surface area contributed by atoms with E-state index in [0.29, 0.717) is 5.56 Å². The van der Waals surface area contributed by atoms with Gasteiger partial charge in [-0.25, -0.2) is 9.18 Å². The molecule has 0 unspecified atom stereocenters. The van der Waals surface area contributed by atoms with Crippen molar-refractivity contribution in [2.75, 3.05) is 5.32 Å². The Bertz CT molecular complexity index is 650. The zero-order valence-electron chi connectivity index (χ0n) is 10.5. The first kappa shape index (κ1) is 12.2. The lowest BCUT2D eigenvalue weighted by atomic mass is 9.91. The molecule has 0 saturated carbocycles. The van der Waals surface area contributed by atoms with Crippen molar-refractivity contribution in [1.29, 1.82) is 0 Å². The van der Waals surface area contributed by atoms with Crippen LogP contribution in [0.3, 0.4) is 0 Å². The Morgan fingerprint density at radius 1 is 1.32 bits per heavy atom. The van der Waals surface area contributed by atoms with Gasteiger partial charge in [0.1, 0.15) is 11.4 Å². The van der Waals surface area contributed by atoms with Gasteiger partial charge in [-0.3, -0.25) is 5.32 Å². The van der Waals surface area contributed by atoms with Gasteiger partial charge >= 0.3 is 6.09 Å². The minimum atomic E-state index is -0.843. The average Bonchev–Trinajstić information content (AvgIpc) is 2.82. The fourth-order valence-corrected chi connectivity index (χ4v) is 2.88. The molecule has 1 aromatic carbocycles. The molecule has 0 saturated heterocycles. The standard InChI is InChI=1S/C14H12FNO2S/c1-14(2)10-5-9(8-3-4-19-7-8)6-11(15)12(10)16-13(17)18-14/h3-7H,1-2H3,(H,16,17). The zero-order valence-corrected chi connectivity index (χ0v) is 11.3. The van der Waals surface area contributed by atoms with Gasteiger partial charge in [0, 0.05) is 5.56 Å². The molecular weight excluding hydrogens is 265 g/mol. The van der Waals surface area contributed by atoms with Gasteiger partial charge in [-0.2, -0.15) is 11.3 Å². The van der Waals surface area contributed by atoms with Gasteiger partial charge < -0.3 is 4.74 Å². The number of amides is 1. The number of thiophene rings is 1. The highest BCUT2D eigenvalue weighted by atomic mass is 32.1. The molecule has 0 radical (unpaired) electrons. The molecule has 2 heterocycles. The topological polar surface area (TPSA) is 38.3 Å². The lowest BCUT2D eigenvalue weighted by Gasteiger charge is -2.33. The molecule has 0 fully saturated rings. The van der Waals surface area contributed by atoms with Crippen LogP contribution >= 0.6 is 11.3 Å². The maximum absolute atomic E-state index is 14.2. The van der Waals surface area contributed by atoms with Crippen molar-refractivity contribution in [2.24, 2.45) is 0 Å². The summed E-state index contributed by atoms with van der Waals surface area (Å²) in [5, 5.41) is 6.32. The summed E-state index contributed by atoms with van der Waals surface area (Å²) >= 11 is 1.55. The molecule has 1 N–H and O–H groups in total. The normalized spacial score (nSPS) is 16.5. The van der Waals surface area contributed by atoms with E-state index >= 15 is 0 Å². The van der Waals surface area contributed by atoms with E-state index in [0.717, 1.165) is 11.1 Å². The van der Waals surface area contributed by atoms with Crippen molar-refractivity contribution in [1.82, 2.24) is 0 Å². The summed E-state index contributed by atoms with van der Waals surface area (Å²) in [7, 11) is 0. The van der Waals surface area contributed by atoms with Crippen LogP contribution in [0.5, 0.6) is 0 Å². The highest BCUT2D eigenvalue weighted by molar-refractivity contribution is 7.08. The second-order valence-corrected chi connectivity index (χ2v) is 5.70. The quantitative estimate of drug-likeness (QED) is 0.841. The second-order valence-electron chi connectivity index (χ2n) is 4.92. The summed E-state index contributed by atoms with van der Waals surface area (Å²) in [5.41, 5.74) is 1.75. The van der Waals surface area contributed by atoms with Gasteiger partial charge in [-0.05, 0) is 53.9 Å². The predicted octanol–water partition coefficient (Wildman–Crippen LogP) is 4.35. The smallest absolute Gasteiger partial charge is 0.412 e. The molecule has 0 atom stereocenters. The summed E-state index contributed by atoms with van der Waals surface area (Å²) in [6, 6.07) is 5.23. The fourth-order valence-electron chi connectivity index (χ4n) is 2.22. The fraction of sp³-hybridized carbons (Fsp3) is 0.214. The highest BCUT2D eigenvalue weighted by Gasteiger charge is 2.35. The number of halogens is 1. The predicted molar refractivity (Wildman–Crippen MR) is 72.8 cm³/mol. The van der Waals surface area contributed by atoms with E-state index < -0.39 is 17.5 Å². The largest absolute Gasteiger partial charge is 0.438 e. The summed E-state index contributed by atoms with van der Waals surface area (Å²) < 4.78 is 19.4. The Morgan fingerprint density at radius 3 is 2.79 bits per heavy atom. The number of cyclic esters (lactones) is 1. The van der Waals surface area contributed by atoms with Crippen molar-refractivity contribution in [3.63, 3.8) is 0 Å². The number of fused-ring (bicyclic) bond motifs is 1. The van der Waals surface area contributed by atoms with Crippen LogP contribution in [0.25, 0.3) is 11.1 Å². The van der Waals surface area contributed by atoms with E-state index in [1.807, 2.05) is 22.9 Å². The summed E-state index contributed by atoms with van der Waals surface area (Å²) in [4.78, 5) is 11.4. The lowest BCUT2D eigenvalue weighted by molar-refractivity contribution is 0.0416. The molecule has 0 aliphatic carbocycles. The van der Waals surface area contributed by atoms with E-state index in [4.69, 9.17) is 4.74 Å². The number of anilines is 1. The molecule has 19 heavy (non-hydrogen) atoms. The molecule has 1 aliphatic rings. The lowest BCUT2D eigenvalue weighted by Crippen LogP contribution is -2.35. The van der Waals surface area contributed by atoms with E-state index in [9.17, 15) is 9.18 Å². The van der Waals surface area contributed by atoms with E-state index in [2.05, 4.69) is 5.32 Å². The highest BCUT2D eigenvalue weighted by Crippen LogP contribution is 2.40. The van der Waals surface area contributed by atoms with E-state index in [-0.39, 0.29) is 5.69 Å². The number of benzene rings is 1. The third kappa shape index (κ3) is 2.00. The van der Waals surface area contributed by atoms with Crippen LogP contribution in [0, 0.1) is 5.82 Å². The molecule has 98 valence electrons. The van der Waals surface area contributed by atoms with Crippen LogP contribution in [0.4, 0.5) is 14.9 Å². The van der Waals surface area contributed by atoms with Crippen molar-refractivity contribution >= 4 is 23.1 Å². The monoisotopic (exact) mass is 277 g/mol. The number of hydrogen-bond acceptors (Lipinski definition) is 3. The van der Waals surface area contributed by atoms with Crippen molar-refractivity contribution < 1.29 is 13.9 Å². The molecule has 1 amide bonds. The molecule has 2 aromatic rings. The summed E-state index contributed by atoms with van der Waals surface area (Å²) in [6.07, 6.45) is -0.625. The van der Waals surface area contributed by atoms with E-state index in [1.54, 1.807) is 25.2 Å². The molecule has 3 rings (SSSR count). The Hall–Kier alpha value is -1.88. The number of nitrogens with one attached hydrogen (secondary N) is 1. The number of ether oxygens (including phenoxy) is 1. The van der Waals surface area contributed by atoms with Crippen molar-refractivity contribution in [2.45, 2.75) is 19.4 Å². The maximum atomic E-state index is 14.2. The number of carbonyl (C=O) groups is 1. The molecule has 0 spiro atoms. The number of carbonyl (C=O) groups excluding carboxylic acids is 1. The van der Waals surface area contributed by atoms with Crippen LogP contribution in [-0.2, 0) is 10.3 Å². The van der Waals surface area contributed by atoms with Crippen LogP contribution in [0.15, 0.2) is 29.0 Å². The minimum absolute atomic E-state index is 0.209. The van der Waals surface area contributed by atoms with Gasteiger partial charge in [0.05, 0.1) is 5.69 Å². The van der Waals surface area contributed by atoms with Gasteiger partial charge in [0.15, 0.2) is 0 Å². The molecular formula is C14H12FNO2S. The molecule has 1 aromatic heterocycles. The summed E-state index contributed by atoms with van der Waals surface area (Å²) in [5.74, 6) is -0.441. The second kappa shape index (κ2) is 4.06. The van der Waals surface area contributed by atoms with Crippen molar-refractivity contribution in [3.8, 4) is 11.1 Å². The summed E-state index contributed by atoms with van der Waals surface area (Å²) in [6.45, 7) is 3.50. The minimum Gasteiger partial charge on any atom is -0.438 e. The first-order valence-electron chi connectivity index (χ1n) is 5.84. The Balaban J connectivity index is 2.21. The first-order valence-corrected chi connectivity index (χ1v) is 6.78. The van der Waals surface area contributed by atoms with Crippen LogP contribution in [0.1, 0.15) is 19.4 Å². The van der Waals surface area contributed by atoms with Gasteiger partial charge in [-0.1, -0.05) is 0 Å². The van der Waals surface area contributed by atoms with Crippen LogP contribution in [0.2, 0.25) is 0 Å². The third-order valence-electron chi connectivity index (χ3n) is 3.17. The number of rotatable bonds is 1. The third-order valence-corrected chi connectivity index (χ3v) is 3.85. The van der Waals surface area contributed by atoms with Crippen LogP contribution < -0.4 is 5.32 Å². The Morgan fingerprint density at radius 2 is 2.11 bits per heavy atom. The van der Waals surface area contributed by atoms with Gasteiger partial charge in [0.2, 0.25) is 0 Å². The maximum Gasteiger partial charge on any atom is 0.412 e. The van der Waals surface area contributed by atoms with Crippen LogP contribution in [-0.4, -0.2) is 6.09 Å². The Kier molecular flexibility index (Phi) is 2.60. The number of hydrogen-bond donors (Lipinski definition) is 1. The van der Waals surface area contributed by atoms with Crippen molar-refractivity contribution in [3.05, 3.63) is 40.3 Å².